The van der Waals surface area contributed by atoms with Crippen LogP contribution < -0.4 is 10.1 Å². The number of halogens is 1. The average Bonchev–Trinajstić information content (AvgIpc) is 3.49. The SMILES string of the molecule is COc1ccc(NC(=O)C[C@@H]2SC(=Nc3ccccc3)N(C3CC3)C2=O)cc1Cl. The lowest BCUT2D eigenvalue weighted by molar-refractivity contribution is -0.128. The minimum Gasteiger partial charge on any atom is -0.495 e. The molecule has 6 nitrogen and oxygen atoms in total. The second kappa shape index (κ2) is 8.47. The summed E-state index contributed by atoms with van der Waals surface area (Å²) in [5.74, 6) is 0.247. The molecule has 4 rings (SSSR count). The van der Waals surface area contributed by atoms with Crippen molar-refractivity contribution in [2.45, 2.75) is 30.6 Å². The zero-order chi connectivity index (χ0) is 20.4. The highest BCUT2D eigenvalue weighted by Crippen LogP contribution is 2.39. The first-order chi connectivity index (χ1) is 14.0. The molecule has 1 saturated carbocycles. The molecule has 2 amide bonds. The molecule has 2 aromatic carbocycles. The maximum atomic E-state index is 12.9. The third-order valence-electron chi connectivity index (χ3n) is 4.67. The van der Waals surface area contributed by atoms with Gasteiger partial charge in [-0.1, -0.05) is 41.6 Å². The van der Waals surface area contributed by atoms with Gasteiger partial charge in [-0.05, 0) is 43.2 Å². The molecule has 0 aromatic heterocycles. The van der Waals surface area contributed by atoms with E-state index >= 15 is 0 Å². The van der Waals surface area contributed by atoms with Crippen molar-refractivity contribution in [1.82, 2.24) is 4.90 Å². The second-order valence-electron chi connectivity index (χ2n) is 6.88. The Labute approximate surface area is 178 Å². The molecule has 0 unspecified atom stereocenters. The van der Waals surface area contributed by atoms with Crippen molar-refractivity contribution in [1.29, 1.82) is 0 Å². The van der Waals surface area contributed by atoms with Gasteiger partial charge in [-0.2, -0.15) is 0 Å². The lowest BCUT2D eigenvalue weighted by Gasteiger charge is -2.15. The van der Waals surface area contributed by atoms with Gasteiger partial charge in [0.05, 0.1) is 17.8 Å². The molecule has 1 N–H and O–H groups in total. The Morgan fingerprint density at radius 3 is 2.69 bits per heavy atom. The molecular formula is C21H20ClN3O3S. The van der Waals surface area contributed by atoms with Crippen LogP contribution in [0.3, 0.4) is 0 Å². The fourth-order valence-electron chi connectivity index (χ4n) is 3.10. The Kier molecular flexibility index (Phi) is 5.78. The van der Waals surface area contributed by atoms with E-state index in [-0.39, 0.29) is 24.3 Å². The zero-order valence-corrected chi connectivity index (χ0v) is 17.4. The van der Waals surface area contributed by atoms with Crippen molar-refractivity contribution in [2.75, 3.05) is 12.4 Å². The van der Waals surface area contributed by atoms with Crippen LogP contribution in [0, 0.1) is 0 Å². The molecule has 1 atom stereocenters. The number of benzene rings is 2. The van der Waals surface area contributed by atoms with Gasteiger partial charge in [0.15, 0.2) is 5.17 Å². The van der Waals surface area contributed by atoms with Crippen LogP contribution in [0.4, 0.5) is 11.4 Å². The zero-order valence-electron chi connectivity index (χ0n) is 15.8. The van der Waals surface area contributed by atoms with E-state index in [9.17, 15) is 9.59 Å². The van der Waals surface area contributed by atoms with E-state index in [0.29, 0.717) is 21.6 Å². The van der Waals surface area contributed by atoms with Crippen LogP contribution in [0.1, 0.15) is 19.3 Å². The van der Waals surface area contributed by atoms with Crippen molar-refractivity contribution >= 4 is 51.7 Å². The predicted octanol–water partition coefficient (Wildman–Crippen LogP) is 4.47. The molecule has 2 fully saturated rings. The number of nitrogens with one attached hydrogen (secondary N) is 1. The van der Waals surface area contributed by atoms with Gasteiger partial charge in [0.2, 0.25) is 11.8 Å². The normalized spacial score (nSPS) is 20.2. The summed E-state index contributed by atoms with van der Waals surface area (Å²) in [6, 6.07) is 14.8. The molecular weight excluding hydrogens is 410 g/mol. The Balaban J connectivity index is 1.46. The van der Waals surface area contributed by atoms with E-state index < -0.39 is 5.25 Å². The summed E-state index contributed by atoms with van der Waals surface area (Å²) in [5.41, 5.74) is 1.36. The standard InChI is InChI=1S/C21H20ClN3O3S/c1-28-17-10-7-14(11-16(17)22)23-19(26)12-18-20(27)25(15-8-9-15)21(29-18)24-13-5-3-2-4-6-13/h2-7,10-11,15,18H,8-9,12H2,1H3,(H,23,26)/t18-/m0/s1. The van der Waals surface area contributed by atoms with E-state index in [2.05, 4.69) is 10.3 Å². The molecule has 1 aliphatic carbocycles. The van der Waals surface area contributed by atoms with E-state index in [4.69, 9.17) is 16.3 Å². The average molecular weight is 430 g/mol. The first-order valence-corrected chi connectivity index (χ1v) is 10.6. The number of amides is 2. The third kappa shape index (κ3) is 4.57. The number of ether oxygens (including phenoxy) is 1. The minimum atomic E-state index is -0.480. The van der Waals surface area contributed by atoms with Crippen LogP contribution in [0.2, 0.25) is 5.02 Å². The molecule has 29 heavy (non-hydrogen) atoms. The number of carbonyl (C=O) groups excluding carboxylic acids is 2. The molecule has 0 spiro atoms. The first kappa shape index (κ1) is 19.8. The number of carbonyl (C=O) groups is 2. The number of rotatable bonds is 6. The Bertz CT molecular complexity index is 963. The van der Waals surface area contributed by atoms with E-state index in [1.54, 1.807) is 23.1 Å². The number of thioether (sulfide) groups is 1. The Hall–Kier alpha value is -2.51. The van der Waals surface area contributed by atoms with Crippen LogP contribution in [-0.2, 0) is 9.59 Å². The maximum absolute atomic E-state index is 12.9. The number of para-hydroxylation sites is 1. The van der Waals surface area contributed by atoms with Gasteiger partial charge in [-0.3, -0.25) is 14.5 Å². The van der Waals surface area contributed by atoms with Crippen LogP contribution in [0.25, 0.3) is 0 Å². The van der Waals surface area contributed by atoms with Gasteiger partial charge in [0.25, 0.3) is 0 Å². The highest BCUT2D eigenvalue weighted by atomic mass is 35.5. The highest BCUT2D eigenvalue weighted by Gasteiger charge is 2.46. The number of aliphatic imine (C=N–C) groups is 1. The van der Waals surface area contributed by atoms with Gasteiger partial charge in [-0.15, -0.1) is 0 Å². The topological polar surface area (TPSA) is 71.0 Å². The highest BCUT2D eigenvalue weighted by molar-refractivity contribution is 8.15. The first-order valence-electron chi connectivity index (χ1n) is 9.32. The molecule has 1 heterocycles. The summed E-state index contributed by atoms with van der Waals surface area (Å²) in [5, 5.41) is 3.41. The van der Waals surface area contributed by atoms with Crippen LogP contribution in [0.5, 0.6) is 5.75 Å². The summed E-state index contributed by atoms with van der Waals surface area (Å²) in [6.07, 6.45) is 2.02. The van der Waals surface area contributed by atoms with Gasteiger partial charge < -0.3 is 10.1 Å². The van der Waals surface area contributed by atoms with Crippen molar-refractivity contribution in [2.24, 2.45) is 4.99 Å². The summed E-state index contributed by atoms with van der Waals surface area (Å²) >= 11 is 7.46. The lowest BCUT2D eigenvalue weighted by Crippen LogP contribution is -2.35. The second-order valence-corrected chi connectivity index (χ2v) is 8.45. The van der Waals surface area contributed by atoms with Crippen molar-refractivity contribution in [3.8, 4) is 5.75 Å². The summed E-state index contributed by atoms with van der Waals surface area (Å²) in [7, 11) is 1.53. The van der Waals surface area contributed by atoms with E-state index in [0.717, 1.165) is 18.5 Å². The molecule has 150 valence electrons. The molecule has 0 bridgehead atoms. The summed E-state index contributed by atoms with van der Waals surface area (Å²) in [6.45, 7) is 0. The van der Waals surface area contributed by atoms with Crippen LogP contribution in [0.15, 0.2) is 53.5 Å². The fraction of sp³-hybridized carbons (Fsp3) is 0.286. The van der Waals surface area contributed by atoms with Gasteiger partial charge in [0.1, 0.15) is 11.0 Å². The lowest BCUT2D eigenvalue weighted by atomic mass is 10.2. The third-order valence-corrected chi connectivity index (χ3v) is 6.11. The number of hydrogen-bond acceptors (Lipinski definition) is 5. The van der Waals surface area contributed by atoms with Gasteiger partial charge in [-0.25, -0.2) is 4.99 Å². The van der Waals surface area contributed by atoms with E-state index in [1.807, 2.05) is 30.3 Å². The molecule has 1 saturated heterocycles. The molecule has 2 aromatic rings. The van der Waals surface area contributed by atoms with Gasteiger partial charge in [0, 0.05) is 18.2 Å². The summed E-state index contributed by atoms with van der Waals surface area (Å²) in [4.78, 5) is 31.9. The number of hydrogen-bond donors (Lipinski definition) is 1. The van der Waals surface area contributed by atoms with Crippen LogP contribution >= 0.6 is 23.4 Å². The largest absolute Gasteiger partial charge is 0.495 e. The Morgan fingerprint density at radius 1 is 1.28 bits per heavy atom. The quantitative estimate of drug-likeness (QED) is 0.735. The number of methoxy groups -OCH3 is 1. The monoisotopic (exact) mass is 429 g/mol. The van der Waals surface area contributed by atoms with Crippen molar-refractivity contribution in [3.05, 3.63) is 53.6 Å². The van der Waals surface area contributed by atoms with E-state index in [1.165, 1.54) is 18.9 Å². The molecule has 0 radical (unpaired) electrons. The van der Waals surface area contributed by atoms with Crippen molar-refractivity contribution < 1.29 is 14.3 Å². The minimum absolute atomic E-state index is 0.0462. The molecule has 1 aliphatic heterocycles. The molecule has 2 aliphatic rings. The smallest absolute Gasteiger partial charge is 0.242 e. The van der Waals surface area contributed by atoms with Crippen LogP contribution in [-0.4, -0.2) is 40.3 Å². The fourth-order valence-corrected chi connectivity index (χ4v) is 4.57. The Morgan fingerprint density at radius 2 is 2.03 bits per heavy atom. The summed E-state index contributed by atoms with van der Waals surface area (Å²) < 4.78 is 5.12. The predicted molar refractivity (Wildman–Crippen MR) is 116 cm³/mol. The van der Waals surface area contributed by atoms with Gasteiger partial charge >= 0.3 is 0 Å². The molecule has 8 heteroatoms. The number of anilines is 1. The number of amidine groups is 1. The van der Waals surface area contributed by atoms with Crippen molar-refractivity contribution in [3.63, 3.8) is 0 Å². The number of nitrogens with zero attached hydrogens (tertiary/aromatic N) is 2. The maximum Gasteiger partial charge on any atom is 0.242 e.